The highest BCUT2D eigenvalue weighted by Gasteiger charge is 2.03. The number of nitrogens with one attached hydrogen (secondary N) is 3. The van der Waals surface area contributed by atoms with Gasteiger partial charge in [0.15, 0.2) is 6.29 Å². The number of aromatic amines is 1. The highest BCUT2D eigenvalue weighted by Crippen LogP contribution is 2.22. The van der Waals surface area contributed by atoms with Gasteiger partial charge in [0.2, 0.25) is 0 Å². The predicted octanol–water partition coefficient (Wildman–Crippen LogP) is 4.88. The Kier molecular flexibility index (Phi) is 24.7. The first kappa shape index (κ1) is 31.9. The molecule has 0 saturated carbocycles. The summed E-state index contributed by atoms with van der Waals surface area (Å²) in [5.41, 5.74) is 2.45. The van der Waals surface area contributed by atoms with Crippen LogP contribution in [0.25, 0.3) is 10.9 Å². The first-order valence-electron chi connectivity index (χ1n) is 9.09. The van der Waals surface area contributed by atoms with Gasteiger partial charge < -0.3 is 25.1 Å². The molecule has 1 heterocycles. The standard InChI is InChI=1S/C11H13ClN2.C7H17NO2.C2H4.C2H2.CH4/c1-13-5-4-8-7-14-11-6-9(12)2-3-10(8)11;1-8-6-4-5-7(9-2)10-3;2*1-2;/h2-3,6-7,13-14H,4-5H2,1H3;7-8H,4-6H2,1-3H3;1-2H2;1-2H;1H4. The summed E-state index contributed by atoms with van der Waals surface area (Å²) in [6.07, 6.45) is 13.1. The van der Waals surface area contributed by atoms with Gasteiger partial charge in [-0.15, -0.1) is 26.0 Å². The molecule has 0 atom stereocenters. The van der Waals surface area contributed by atoms with Crippen molar-refractivity contribution in [3.05, 3.63) is 48.1 Å². The van der Waals surface area contributed by atoms with Crippen molar-refractivity contribution < 1.29 is 9.47 Å². The Bertz CT molecular complexity index is 625. The van der Waals surface area contributed by atoms with Crippen LogP contribution in [0.3, 0.4) is 0 Å². The molecule has 2 aromatic rings. The van der Waals surface area contributed by atoms with Crippen LogP contribution in [0.15, 0.2) is 37.6 Å². The molecule has 1 aromatic heterocycles. The number of hydrogen-bond donors (Lipinski definition) is 3. The van der Waals surface area contributed by atoms with Crippen molar-refractivity contribution in [3.63, 3.8) is 0 Å². The highest BCUT2D eigenvalue weighted by atomic mass is 35.5. The fraction of sp³-hybridized carbons (Fsp3) is 0.478. The Morgan fingerprint density at radius 1 is 1.10 bits per heavy atom. The average Bonchev–Trinajstić information content (AvgIpc) is 3.15. The summed E-state index contributed by atoms with van der Waals surface area (Å²) in [6.45, 7) is 8.01. The topological polar surface area (TPSA) is 58.3 Å². The summed E-state index contributed by atoms with van der Waals surface area (Å²) < 4.78 is 9.99. The molecule has 0 bridgehead atoms. The lowest BCUT2D eigenvalue weighted by atomic mass is 10.1. The molecular formula is C23H40ClN3O2. The molecule has 6 heteroatoms. The predicted molar refractivity (Wildman–Crippen MR) is 130 cm³/mol. The van der Waals surface area contributed by atoms with Crippen LogP contribution < -0.4 is 10.6 Å². The maximum atomic E-state index is 5.90. The van der Waals surface area contributed by atoms with E-state index < -0.39 is 0 Å². The zero-order valence-corrected chi connectivity index (χ0v) is 18.4. The summed E-state index contributed by atoms with van der Waals surface area (Å²) in [6, 6.07) is 5.96. The lowest BCUT2D eigenvalue weighted by Gasteiger charge is -2.12. The summed E-state index contributed by atoms with van der Waals surface area (Å²) in [5.74, 6) is 0. The van der Waals surface area contributed by atoms with Gasteiger partial charge in [0.05, 0.1) is 0 Å². The van der Waals surface area contributed by atoms with Crippen molar-refractivity contribution in [1.29, 1.82) is 0 Å². The number of halogens is 1. The quantitative estimate of drug-likeness (QED) is 0.232. The second-order valence-electron chi connectivity index (χ2n) is 5.50. The molecule has 0 unspecified atom stereocenters. The fourth-order valence-electron chi connectivity index (χ4n) is 2.40. The molecule has 29 heavy (non-hydrogen) atoms. The number of ether oxygens (including phenoxy) is 2. The van der Waals surface area contributed by atoms with Crippen LogP contribution in [0.4, 0.5) is 0 Å². The third-order valence-corrected chi connectivity index (χ3v) is 4.00. The molecule has 0 amide bonds. The minimum absolute atomic E-state index is 0. The van der Waals surface area contributed by atoms with Crippen molar-refractivity contribution in [2.75, 3.05) is 41.4 Å². The molecule has 1 aromatic carbocycles. The van der Waals surface area contributed by atoms with Crippen molar-refractivity contribution in [2.24, 2.45) is 0 Å². The van der Waals surface area contributed by atoms with Crippen LogP contribution >= 0.6 is 11.6 Å². The molecule has 0 aliphatic rings. The second kappa shape index (κ2) is 22.5. The Morgan fingerprint density at radius 3 is 2.21 bits per heavy atom. The largest absolute Gasteiger partial charge is 0.361 e. The van der Waals surface area contributed by atoms with Gasteiger partial charge in [0.1, 0.15) is 0 Å². The van der Waals surface area contributed by atoms with Crippen molar-refractivity contribution >= 4 is 22.5 Å². The number of H-pyrrole nitrogens is 1. The van der Waals surface area contributed by atoms with E-state index in [4.69, 9.17) is 21.1 Å². The third-order valence-electron chi connectivity index (χ3n) is 3.77. The van der Waals surface area contributed by atoms with E-state index in [0.717, 1.165) is 42.9 Å². The molecule has 0 aliphatic carbocycles. The number of methoxy groups -OCH3 is 2. The fourth-order valence-corrected chi connectivity index (χ4v) is 2.57. The molecular weight excluding hydrogens is 386 g/mol. The van der Waals surface area contributed by atoms with E-state index in [2.05, 4.69) is 53.9 Å². The van der Waals surface area contributed by atoms with Crippen LogP contribution in [0.5, 0.6) is 0 Å². The normalized spacial score (nSPS) is 9.24. The van der Waals surface area contributed by atoms with Gasteiger partial charge in [-0.3, -0.25) is 0 Å². The zero-order chi connectivity index (χ0) is 21.8. The van der Waals surface area contributed by atoms with Gasteiger partial charge in [-0.05, 0) is 64.1 Å². The van der Waals surface area contributed by atoms with Gasteiger partial charge in [0, 0.05) is 36.3 Å². The minimum Gasteiger partial charge on any atom is -0.361 e. The van der Waals surface area contributed by atoms with Gasteiger partial charge >= 0.3 is 0 Å². The maximum absolute atomic E-state index is 5.90. The van der Waals surface area contributed by atoms with E-state index in [9.17, 15) is 0 Å². The van der Waals surface area contributed by atoms with Crippen molar-refractivity contribution in [3.8, 4) is 12.8 Å². The van der Waals surface area contributed by atoms with Gasteiger partial charge in [-0.2, -0.15) is 0 Å². The Labute approximate surface area is 183 Å². The average molecular weight is 426 g/mol. The number of hydrogen-bond acceptors (Lipinski definition) is 4. The molecule has 0 fully saturated rings. The van der Waals surface area contributed by atoms with Gasteiger partial charge in [-0.25, -0.2) is 0 Å². The van der Waals surface area contributed by atoms with Crippen LogP contribution in [-0.2, 0) is 15.9 Å². The Balaban J connectivity index is -0.000000402. The number of terminal acetylenes is 1. The Morgan fingerprint density at radius 2 is 1.69 bits per heavy atom. The molecule has 2 rings (SSSR count). The highest BCUT2D eigenvalue weighted by molar-refractivity contribution is 6.31. The number of fused-ring (bicyclic) bond motifs is 1. The second-order valence-corrected chi connectivity index (χ2v) is 5.94. The summed E-state index contributed by atoms with van der Waals surface area (Å²) in [4.78, 5) is 3.23. The maximum Gasteiger partial charge on any atom is 0.156 e. The molecule has 0 spiro atoms. The number of aromatic nitrogens is 1. The van der Waals surface area contributed by atoms with E-state index in [1.165, 1.54) is 10.9 Å². The van der Waals surface area contributed by atoms with E-state index in [1.54, 1.807) is 14.2 Å². The number of benzene rings is 1. The lowest BCUT2D eigenvalue weighted by molar-refractivity contribution is -0.106. The molecule has 3 N–H and O–H groups in total. The summed E-state index contributed by atoms with van der Waals surface area (Å²) in [5, 5.41) is 8.25. The molecule has 0 aliphatic heterocycles. The molecule has 166 valence electrons. The molecule has 0 radical (unpaired) electrons. The van der Waals surface area contributed by atoms with E-state index >= 15 is 0 Å². The van der Waals surface area contributed by atoms with Gasteiger partial charge in [0.25, 0.3) is 0 Å². The van der Waals surface area contributed by atoms with Crippen LogP contribution in [-0.4, -0.2) is 52.7 Å². The third kappa shape index (κ3) is 13.9. The lowest BCUT2D eigenvalue weighted by Crippen LogP contribution is -2.16. The SMILES string of the molecule is C.C#C.C=C.CNCCCC(OC)OC.CNCCc1c[nH]c2cc(Cl)ccc12. The minimum atomic E-state index is -0.0339. The monoisotopic (exact) mass is 425 g/mol. The molecule has 0 saturated heterocycles. The van der Waals surface area contributed by atoms with Crippen LogP contribution in [0, 0.1) is 12.8 Å². The summed E-state index contributed by atoms with van der Waals surface area (Å²) in [7, 11) is 7.22. The Hall–Kier alpha value is -1.81. The number of rotatable bonds is 9. The first-order chi connectivity index (χ1) is 13.7. The van der Waals surface area contributed by atoms with E-state index in [-0.39, 0.29) is 13.7 Å². The van der Waals surface area contributed by atoms with Gasteiger partial charge in [-0.1, -0.05) is 25.1 Å². The van der Waals surface area contributed by atoms with Crippen LogP contribution in [0.2, 0.25) is 5.02 Å². The van der Waals surface area contributed by atoms with Crippen molar-refractivity contribution in [2.45, 2.75) is 33.0 Å². The summed E-state index contributed by atoms with van der Waals surface area (Å²) >= 11 is 5.90. The smallest absolute Gasteiger partial charge is 0.156 e. The number of likely N-dealkylation sites (N-methyl/N-ethyl adjacent to an activating group) is 1. The zero-order valence-electron chi connectivity index (χ0n) is 17.7. The van der Waals surface area contributed by atoms with E-state index in [1.807, 2.05) is 26.2 Å². The van der Waals surface area contributed by atoms with Crippen molar-refractivity contribution in [1.82, 2.24) is 15.6 Å². The van der Waals surface area contributed by atoms with E-state index in [0.29, 0.717) is 0 Å². The van der Waals surface area contributed by atoms with Crippen LogP contribution in [0.1, 0.15) is 25.8 Å². The molecule has 5 nitrogen and oxygen atoms in total. The first-order valence-corrected chi connectivity index (χ1v) is 9.47.